The van der Waals surface area contributed by atoms with Crippen molar-refractivity contribution in [1.29, 1.82) is 0 Å². The van der Waals surface area contributed by atoms with E-state index in [4.69, 9.17) is 0 Å². The summed E-state index contributed by atoms with van der Waals surface area (Å²) in [5.41, 5.74) is -0.268. The molecule has 4 nitrogen and oxygen atoms in total. The van der Waals surface area contributed by atoms with Gasteiger partial charge in [-0.15, -0.1) is 0 Å². The van der Waals surface area contributed by atoms with Crippen molar-refractivity contribution in [3.8, 4) is 0 Å². The fourth-order valence-electron chi connectivity index (χ4n) is 1.34. The van der Waals surface area contributed by atoms with E-state index in [2.05, 4.69) is 9.98 Å². The van der Waals surface area contributed by atoms with Gasteiger partial charge in [0.1, 0.15) is 0 Å². The molecule has 0 radical (unpaired) electrons. The number of unbranched alkanes of at least 4 members (excludes halogenated alkanes) is 2. The average molecular weight is 210 g/mol. The van der Waals surface area contributed by atoms with Gasteiger partial charge in [0.25, 0.3) is 0 Å². The second-order valence-electron chi connectivity index (χ2n) is 3.84. The van der Waals surface area contributed by atoms with Gasteiger partial charge in [-0.05, 0) is 26.2 Å². The first kappa shape index (κ1) is 13.8. The van der Waals surface area contributed by atoms with E-state index < -0.39 is 0 Å². The summed E-state index contributed by atoms with van der Waals surface area (Å²) in [5.74, 6) is 0. The molecule has 0 heterocycles. The lowest BCUT2D eigenvalue weighted by Crippen LogP contribution is -2.20. The molecule has 0 aromatic heterocycles. The Hall–Kier alpha value is -1.24. The zero-order valence-electron chi connectivity index (χ0n) is 9.45. The van der Waals surface area contributed by atoms with Crippen LogP contribution in [0.5, 0.6) is 0 Å². The Morgan fingerprint density at radius 3 is 2.40 bits per heavy atom. The van der Waals surface area contributed by atoms with Gasteiger partial charge in [0.15, 0.2) is 0 Å². The third-order valence-electron chi connectivity index (χ3n) is 2.63. The fourth-order valence-corrected chi connectivity index (χ4v) is 1.34. The minimum Gasteiger partial charge on any atom is -0.211 e. The van der Waals surface area contributed by atoms with Crippen LogP contribution >= 0.6 is 0 Å². The zero-order valence-corrected chi connectivity index (χ0v) is 9.45. The van der Waals surface area contributed by atoms with Crippen LogP contribution in [-0.4, -0.2) is 24.2 Å². The van der Waals surface area contributed by atoms with Crippen molar-refractivity contribution in [1.82, 2.24) is 0 Å². The van der Waals surface area contributed by atoms with Gasteiger partial charge >= 0.3 is 0 Å². The Kier molecular flexibility index (Phi) is 7.43. The summed E-state index contributed by atoms with van der Waals surface area (Å²) in [6.45, 7) is 4.52. The summed E-state index contributed by atoms with van der Waals surface area (Å²) < 4.78 is 0. The molecule has 15 heavy (non-hydrogen) atoms. The molecule has 1 atom stereocenters. The van der Waals surface area contributed by atoms with Crippen LogP contribution in [0.4, 0.5) is 0 Å². The van der Waals surface area contributed by atoms with Crippen molar-refractivity contribution in [3.63, 3.8) is 0 Å². The van der Waals surface area contributed by atoms with E-state index in [9.17, 15) is 9.59 Å². The van der Waals surface area contributed by atoms with Crippen molar-refractivity contribution in [2.45, 2.75) is 51.5 Å². The summed E-state index contributed by atoms with van der Waals surface area (Å²) in [7, 11) is 0. The van der Waals surface area contributed by atoms with Crippen LogP contribution in [0.3, 0.4) is 0 Å². The molecule has 1 unspecified atom stereocenters. The van der Waals surface area contributed by atoms with Gasteiger partial charge in [0.05, 0.1) is 12.1 Å². The average Bonchev–Trinajstić information content (AvgIpc) is 2.24. The van der Waals surface area contributed by atoms with Gasteiger partial charge in [0.2, 0.25) is 12.2 Å². The molecule has 0 aliphatic rings. The first-order chi connectivity index (χ1) is 7.18. The highest BCUT2D eigenvalue weighted by Crippen LogP contribution is 2.22. The summed E-state index contributed by atoms with van der Waals surface area (Å²) in [6, 6.07) is 0. The predicted octanol–water partition coefficient (Wildman–Crippen LogP) is 2.39. The molecule has 0 aromatic carbocycles. The molecule has 0 saturated heterocycles. The molecule has 84 valence electrons. The van der Waals surface area contributed by atoms with Crippen LogP contribution in [0.25, 0.3) is 0 Å². The van der Waals surface area contributed by atoms with Gasteiger partial charge in [-0.2, -0.15) is 4.99 Å². The predicted molar refractivity (Wildman–Crippen MR) is 58.3 cm³/mol. The lowest BCUT2D eigenvalue weighted by molar-refractivity contribution is 0.397. The minimum atomic E-state index is -0.268. The van der Waals surface area contributed by atoms with Gasteiger partial charge in [-0.3, -0.25) is 0 Å². The molecule has 0 spiro atoms. The van der Waals surface area contributed by atoms with Crippen molar-refractivity contribution < 1.29 is 9.59 Å². The second-order valence-corrected chi connectivity index (χ2v) is 3.84. The largest absolute Gasteiger partial charge is 0.235 e. The Labute approximate surface area is 90.5 Å². The van der Waals surface area contributed by atoms with E-state index in [-0.39, 0.29) is 5.54 Å². The van der Waals surface area contributed by atoms with Crippen molar-refractivity contribution in [2.75, 3.05) is 6.54 Å². The Balaban J connectivity index is 3.72. The van der Waals surface area contributed by atoms with Crippen LogP contribution in [0.15, 0.2) is 9.98 Å². The lowest BCUT2D eigenvalue weighted by atomic mass is 9.92. The number of nitrogens with zero attached hydrogens (tertiary/aromatic N) is 2. The number of hydrogen-bond donors (Lipinski definition) is 0. The third kappa shape index (κ3) is 6.78. The number of hydrogen-bond acceptors (Lipinski definition) is 4. The van der Waals surface area contributed by atoms with Crippen molar-refractivity contribution in [2.24, 2.45) is 9.98 Å². The molecule has 0 aromatic rings. The molecule has 0 saturated carbocycles. The highest BCUT2D eigenvalue weighted by molar-refractivity contribution is 5.34. The van der Waals surface area contributed by atoms with Crippen LogP contribution in [0, 0.1) is 0 Å². The number of isocyanates is 2. The molecule has 0 aliphatic heterocycles. The smallest absolute Gasteiger partial charge is 0.211 e. The number of aliphatic imine (C=N–C) groups is 2. The second kappa shape index (κ2) is 8.10. The van der Waals surface area contributed by atoms with E-state index in [0.29, 0.717) is 6.54 Å². The highest BCUT2D eigenvalue weighted by atomic mass is 16.1. The van der Waals surface area contributed by atoms with Gasteiger partial charge in [-0.1, -0.05) is 19.8 Å². The maximum absolute atomic E-state index is 10.2. The number of carbonyl (C=O) groups excluding carboxylic acids is 2. The molecule has 0 amide bonds. The Bertz CT molecular complexity index is 266. The lowest BCUT2D eigenvalue weighted by Gasteiger charge is -2.20. The Morgan fingerprint density at radius 1 is 1.13 bits per heavy atom. The van der Waals surface area contributed by atoms with E-state index in [0.717, 1.165) is 32.1 Å². The monoisotopic (exact) mass is 210 g/mol. The molecule has 0 aliphatic carbocycles. The third-order valence-corrected chi connectivity index (χ3v) is 2.63. The zero-order chi connectivity index (χ0) is 11.6. The first-order valence-corrected chi connectivity index (χ1v) is 5.31. The normalized spacial score (nSPS) is 13.5. The fraction of sp³-hybridized carbons (Fsp3) is 0.818. The Morgan fingerprint density at radius 2 is 1.87 bits per heavy atom. The van der Waals surface area contributed by atoms with Gasteiger partial charge in [-0.25, -0.2) is 14.6 Å². The van der Waals surface area contributed by atoms with Crippen molar-refractivity contribution >= 4 is 12.2 Å². The van der Waals surface area contributed by atoms with Gasteiger partial charge < -0.3 is 0 Å². The molecular formula is C11H18N2O2. The topological polar surface area (TPSA) is 58.9 Å². The maximum Gasteiger partial charge on any atom is 0.235 e. The maximum atomic E-state index is 10.2. The summed E-state index contributed by atoms with van der Waals surface area (Å²) in [4.78, 5) is 27.3. The van der Waals surface area contributed by atoms with Crippen molar-refractivity contribution in [3.05, 3.63) is 0 Å². The van der Waals surface area contributed by atoms with Crippen LogP contribution in [0.1, 0.15) is 46.0 Å². The highest BCUT2D eigenvalue weighted by Gasteiger charge is 2.19. The molecule has 0 rings (SSSR count). The number of rotatable bonds is 8. The molecule has 4 heteroatoms. The SMILES string of the molecule is CCC(C)(CCCCCN=C=O)N=C=O. The van der Waals surface area contributed by atoms with E-state index in [1.54, 1.807) is 6.08 Å². The van der Waals surface area contributed by atoms with E-state index in [1.165, 1.54) is 6.08 Å². The molecule has 0 fully saturated rings. The standard InChI is InChI=1S/C11H18N2O2/c1-3-11(2,13-10-15)7-5-4-6-8-12-9-14/h3-8H2,1-2H3. The van der Waals surface area contributed by atoms with Crippen LogP contribution < -0.4 is 0 Å². The van der Waals surface area contributed by atoms with E-state index >= 15 is 0 Å². The van der Waals surface area contributed by atoms with Gasteiger partial charge in [0, 0.05) is 0 Å². The van der Waals surface area contributed by atoms with Crippen LogP contribution in [0.2, 0.25) is 0 Å². The summed E-state index contributed by atoms with van der Waals surface area (Å²) in [5, 5.41) is 0. The van der Waals surface area contributed by atoms with Crippen LogP contribution in [-0.2, 0) is 9.59 Å². The molecule has 0 bridgehead atoms. The molecular weight excluding hydrogens is 192 g/mol. The minimum absolute atomic E-state index is 0.268. The quantitative estimate of drug-likeness (QED) is 0.351. The first-order valence-electron chi connectivity index (χ1n) is 5.31. The summed E-state index contributed by atoms with van der Waals surface area (Å²) in [6.07, 6.45) is 7.73. The summed E-state index contributed by atoms with van der Waals surface area (Å²) >= 11 is 0. The molecule has 0 N–H and O–H groups in total. The van der Waals surface area contributed by atoms with E-state index in [1.807, 2.05) is 13.8 Å².